The van der Waals surface area contributed by atoms with Gasteiger partial charge in [0.2, 0.25) is 5.88 Å². The number of carbonyl (C=O) groups excluding carboxylic acids is 1. The summed E-state index contributed by atoms with van der Waals surface area (Å²) in [5.74, 6) is 1.81. The van der Waals surface area contributed by atoms with Crippen molar-refractivity contribution in [3.05, 3.63) is 48.5 Å². The molecular formula is C21H23N5O4. The number of rotatable bonds is 6. The van der Waals surface area contributed by atoms with Gasteiger partial charge in [-0.3, -0.25) is 9.89 Å². The Hall–Kier alpha value is -3.62. The molecule has 1 aromatic carbocycles. The predicted molar refractivity (Wildman–Crippen MR) is 109 cm³/mol. The highest BCUT2D eigenvalue weighted by Crippen LogP contribution is 2.32. The summed E-state index contributed by atoms with van der Waals surface area (Å²) >= 11 is 0. The minimum atomic E-state index is -0.0869. The summed E-state index contributed by atoms with van der Waals surface area (Å²) in [4.78, 5) is 22.7. The van der Waals surface area contributed by atoms with Crippen molar-refractivity contribution in [1.29, 1.82) is 0 Å². The van der Waals surface area contributed by atoms with Gasteiger partial charge in [0.25, 0.3) is 5.91 Å². The van der Waals surface area contributed by atoms with E-state index in [-0.39, 0.29) is 12.0 Å². The van der Waals surface area contributed by atoms with Crippen LogP contribution in [0.15, 0.2) is 42.9 Å². The number of benzene rings is 1. The number of likely N-dealkylation sites (tertiary alicyclic amines) is 1. The SMILES string of the molecule is COc1ccc(OC)c(-c2cc(C(=O)N3CCC(Oc4ccncn4)CC3)[nH]n2)c1. The van der Waals surface area contributed by atoms with Gasteiger partial charge in [0.05, 0.1) is 19.9 Å². The van der Waals surface area contributed by atoms with Crippen LogP contribution in [0.3, 0.4) is 0 Å². The summed E-state index contributed by atoms with van der Waals surface area (Å²) in [5, 5.41) is 7.17. The van der Waals surface area contributed by atoms with Crippen LogP contribution in [0, 0.1) is 0 Å². The molecule has 0 atom stereocenters. The Morgan fingerprint density at radius 3 is 2.67 bits per heavy atom. The fourth-order valence-corrected chi connectivity index (χ4v) is 3.45. The number of aromatic amines is 1. The first-order valence-electron chi connectivity index (χ1n) is 9.67. The molecule has 3 aromatic rings. The van der Waals surface area contributed by atoms with Gasteiger partial charge in [0.15, 0.2) is 0 Å². The highest BCUT2D eigenvalue weighted by Gasteiger charge is 2.26. The van der Waals surface area contributed by atoms with Crippen LogP contribution in [0.5, 0.6) is 17.4 Å². The van der Waals surface area contributed by atoms with E-state index in [4.69, 9.17) is 14.2 Å². The summed E-state index contributed by atoms with van der Waals surface area (Å²) in [7, 11) is 3.20. The van der Waals surface area contributed by atoms with E-state index < -0.39 is 0 Å². The van der Waals surface area contributed by atoms with Gasteiger partial charge >= 0.3 is 0 Å². The molecule has 1 aliphatic heterocycles. The molecule has 1 N–H and O–H groups in total. The zero-order chi connectivity index (χ0) is 20.9. The topological polar surface area (TPSA) is 102 Å². The van der Waals surface area contributed by atoms with Crippen molar-refractivity contribution in [3.63, 3.8) is 0 Å². The van der Waals surface area contributed by atoms with E-state index in [1.54, 1.807) is 37.4 Å². The third-order valence-corrected chi connectivity index (χ3v) is 5.06. The van der Waals surface area contributed by atoms with E-state index in [9.17, 15) is 4.79 Å². The van der Waals surface area contributed by atoms with Crippen LogP contribution in [-0.2, 0) is 0 Å². The Morgan fingerprint density at radius 1 is 1.13 bits per heavy atom. The van der Waals surface area contributed by atoms with E-state index in [1.807, 2.05) is 18.2 Å². The molecule has 9 heteroatoms. The first-order valence-corrected chi connectivity index (χ1v) is 9.67. The summed E-state index contributed by atoms with van der Waals surface area (Å²) in [5.41, 5.74) is 1.81. The molecule has 4 rings (SSSR count). The summed E-state index contributed by atoms with van der Waals surface area (Å²) in [6.45, 7) is 1.21. The smallest absolute Gasteiger partial charge is 0.271 e. The van der Waals surface area contributed by atoms with Crippen LogP contribution in [0.2, 0.25) is 0 Å². The minimum Gasteiger partial charge on any atom is -0.497 e. The van der Waals surface area contributed by atoms with Gasteiger partial charge < -0.3 is 19.1 Å². The number of nitrogens with zero attached hydrogens (tertiary/aromatic N) is 4. The molecule has 0 aliphatic carbocycles. The predicted octanol–water partition coefficient (Wildman–Crippen LogP) is 2.57. The second-order valence-corrected chi connectivity index (χ2v) is 6.89. The van der Waals surface area contributed by atoms with Crippen molar-refractivity contribution in [2.75, 3.05) is 27.3 Å². The summed E-state index contributed by atoms with van der Waals surface area (Å²) in [6.07, 6.45) is 4.61. The lowest BCUT2D eigenvalue weighted by molar-refractivity contribution is 0.0582. The number of carbonyl (C=O) groups is 1. The Kier molecular flexibility index (Phi) is 5.78. The fourth-order valence-electron chi connectivity index (χ4n) is 3.45. The largest absolute Gasteiger partial charge is 0.497 e. The normalized spacial score (nSPS) is 14.4. The van der Waals surface area contributed by atoms with Crippen molar-refractivity contribution in [3.8, 4) is 28.6 Å². The fraction of sp³-hybridized carbons (Fsp3) is 0.333. The summed E-state index contributed by atoms with van der Waals surface area (Å²) in [6, 6.07) is 8.93. The van der Waals surface area contributed by atoms with Gasteiger partial charge in [-0.15, -0.1) is 0 Å². The van der Waals surface area contributed by atoms with E-state index in [0.29, 0.717) is 41.9 Å². The standard InChI is InChI=1S/C21H23N5O4/c1-28-15-3-4-19(29-2)16(11-15)17-12-18(25-24-17)21(27)26-9-6-14(7-10-26)30-20-5-8-22-13-23-20/h3-5,8,11-14H,6-7,9-10H2,1-2H3,(H,24,25). The maximum absolute atomic E-state index is 12.9. The van der Waals surface area contributed by atoms with Crippen molar-refractivity contribution in [1.82, 2.24) is 25.1 Å². The molecule has 2 aromatic heterocycles. The van der Waals surface area contributed by atoms with Crippen LogP contribution < -0.4 is 14.2 Å². The third-order valence-electron chi connectivity index (χ3n) is 5.06. The maximum Gasteiger partial charge on any atom is 0.271 e. The van der Waals surface area contributed by atoms with Crippen molar-refractivity contribution < 1.29 is 19.0 Å². The molecule has 0 unspecified atom stereocenters. The molecule has 156 valence electrons. The zero-order valence-electron chi connectivity index (χ0n) is 16.9. The van der Waals surface area contributed by atoms with Crippen LogP contribution in [-0.4, -0.2) is 64.4 Å². The van der Waals surface area contributed by atoms with Gasteiger partial charge in [0.1, 0.15) is 29.6 Å². The Morgan fingerprint density at radius 2 is 1.97 bits per heavy atom. The lowest BCUT2D eigenvalue weighted by Crippen LogP contribution is -2.42. The Balaban J connectivity index is 1.42. The first kappa shape index (κ1) is 19.7. The van der Waals surface area contributed by atoms with Crippen LogP contribution >= 0.6 is 0 Å². The number of amides is 1. The average Bonchev–Trinajstić information content (AvgIpc) is 3.29. The average molecular weight is 409 g/mol. The highest BCUT2D eigenvalue weighted by molar-refractivity contribution is 5.93. The van der Waals surface area contributed by atoms with Gasteiger partial charge in [0, 0.05) is 43.8 Å². The number of H-pyrrole nitrogens is 1. The zero-order valence-corrected chi connectivity index (χ0v) is 16.9. The molecule has 0 radical (unpaired) electrons. The second-order valence-electron chi connectivity index (χ2n) is 6.89. The molecular weight excluding hydrogens is 386 g/mol. The molecule has 1 fully saturated rings. The Labute approximate surface area is 174 Å². The van der Waals surface area contributed by atoms with Gasteiger partial charge in [-0.2, -0.15) is 5.10 Å². The van der Waals surface area contributed by atoms with E-state index >= 15 is 0 Å². The van der Waals surface area contributed by atoms with Crippen molar-refractivity contribution >= 4 is 5.91 Å². The molecule has 1 amide bonds. The molecule has 1 aliphatic rings. The van der Waals surface area contributed by atoms with Crippen LogP contribution in [0.1, 0.15) is 23.3 Å². The number of piperidine rings is 1. The lowest BCUT2D eigenvalue weighted by Gasteiger charge is -2.31. The third kappa shape index (κ3) is 4.19. The Bertz CT molecular complexity index is 1000. The van der Waals surface area contributed by atoms with Crippen molar-refractivity contribution in [2.45, 2.75) is 18.9 Å². The molecule has 9 nitrogen and oxygen atoms in total. The van der Waals surface area contributed by atoms with Crippen LogP contribution in [0.25, 0.3) is 11.3 Å². The van der Waals surface area contributed by atoms with E-state index in [2.05, 4.69) is 20.2 Å². The number of methoxy groups -OCH3 is 2. The number of hydrogen-bond donors (Lipinski definition) is 1. The van der Waals surface area contributed by atoms with E-state index in [0.717, 1.165) is 18.4 Å². The molecule has 0 bridgehead atoms. The van der Waals surface area contributed by atoms with Crippen molar-refractivity contribution in [2.24, 2.45) is 0 Å². The maximum atomic E-state index is 12.9. The van der Waals surface area contributed by atoms with Crippen LogP contribution in [0.4, 0.5) is 0 Å². The second kappa shape index (κ2) is 8.81. The molecule has 30 heavy (non-hydrogen) atoms. The van der Waals surface area contributed by atoms with E-state index in [1.165, 1.54) is 6.33 Å². The van der Waals surface area contributed by atoms with Gasteiger partial charge in [-0.05, 0) is 24.3 Å². The number of aromatic nitrogens is 4. The monoisotopic (exact) mass is 409 g/mol. The molecule has 0 spiro atoms. The quantitative estimate of drug-likeness (QED) is 0.667. The van der Waals surface area contributed by atoms with Gasteiger partial charge in [-0.1, -0.05) is 0 Å². The lowest BCUT2D eigenvalue weighted by atomic mass is 10.1. The number of nitrogens with one attached hydrogen (secondary N) is 1. The summed E-state index contributed by atoms with van der Waals surface area (Å²) < 4.78 is 16.6. The molecule has 0 saturated carbocycles. The first-order chi connectivity index (χ1) is 14.7. The number of hydrogen-bond acceptors (Lipinski definition) is 7. The number of ether oxygens (including phenoxy) is 3. The highest BCUT2D eigenvalue weighted by atomic mass is 16.5. The van der Waals surface area contributed by atoms with Gasteiger partial charge in [-0.25, -0.2) is 9.97 Å². The molecule has 1 saturated heterocycles. The minimum absolute atomic E-state index is 0.0299. The molecule has 3 heterocycles.